The highest BCUT2D eigenvalue weighted by Gasteiger charge is 2.48. The summed E-state index contributed by atoms with van der Waals surface area (Å²) >= 11 is 0. The van der Waals surface area contributed by atoms with E-state index in [0.717, 1.165) is 6.42 Å². The Morgan fingerprint density at radius 1 is 1.57 bits per heavy atom. The largest absolute Gasteiger partial charge is 0.481 e. The van der Waals surface area contributed by atoms with E-state index in [2.05, 4.69) is 6.92 Å². The lowest BCUT2D eigenvalue weighted by Crippen LogP contribution is -2.49. The number of hydrogen-bond donors (Lipinski definition) is 2. The van der Waals surface area contributed by atoms with Crippen LogP contribution in [0.3, 0.4) is 0 Å². The van der Waals surface area contributed by atoms with E-state index in [9.17, 15) is 9.90 Å². The summed E-state index contributed by atoms with van der Waals surface area (Å²) in [5.74, 6) is -0.529. The molecule has 3 heteroatoms. The Morgan fingerprint density at radius 2 is 2.14 bits per heavy atom. The molecule has 0 spiro atoms. The fraction of sp³-hybridized carbons (Fsp3) is 0.727. The van der Waals surface area contributed by atoms with Gasteiger partial charge >= 0.3 is 5.97 Å². The molecule has 0 heterocycles. The molecule has 14 heavy (non-hydrogen) atoms. The lowest BCUT2D eigenvalue weighted by atomic mass is 9.69. The SMILES string of the molecule is CC1C=CC(O)(C(C)(C)C(=O)O)CC1. The van der Waals surface area contributed by atoms with E-state index in [0.29, 0.717) is 12.3 Å². The minimum atomic E-state index is -1.20. The summed E-state index contributed by atoms with van der Waals surface area (Å²) < 4.78 is 0. The second-order valence-corrected chi connectivity index (χ2v) is 4.73. The Labute approximate surface area is 84.4 Å². The van der Waals surface area contributed by atoms with Gasteiger partial charge in [0.05, 0.1) is 11.0 Å². The van der Waals surface area contributed by atoms with Crippen LogP contribution in [0, 0.1) is 11.3 Å². The van der Waals surface area contributed by atoms with E-state index >= 15 is 0 Å². The van der Waals surface area contributed by atoms with Crippen molar-refractivity contribution >= 4 is 5.97 Å². The molecule has 2 unspecified atom stereocenters. The average molecular weight is 198 g/mol. The molecule has 0 aromatic heterocycles. The summed E-state index contributed by atoms with van der Waals surface area (Å²) in [7, 11) is 0. The number of hydrogen-bond acceptors (Lipinski definition) is 2. The van der Waals surface area contributed by atoms with Gasteiger partial charge in [0.2, 0.25) is 0 Å². The van der Waals surface area contributed by atoms with Crippen LogP contribution >= 0.6 is 0 Å². The molecule has 1 rings (SSSR count). The van der Waals surface area contributed by atoms with E-state index < -0.39 is 17.0 Å². The molecule has 0 saturated heterocycles. The Hall–Kier alpha value is -0.830. The number of aliphatic carboxylic acids is 1. The summed E-state index contributed by atoms with van der Waals surface area (Å²) in [6.07, 6.45) is 4.90. The highest BCUT2D eigenvalue weighted by molar-refractivity contribution is 5.76. The smallest absolute Gasteiger partial charge is 0.312 e. The second kappa shape index (κ2) is 3.39. The average Bonchev–Trinajstić information content (AvgIpc) is 2.10. The molecule has 3 nitrogen and oxygen atoms in total. The zero-order valence-corrected chi connectivity index (χ0v) is 8.95. The Kier molecular flexibility index (Phi) is 2.72. The summed E-state index contributed by atoms with van der Waals surface area (Å²) in [5, 5.41) is 19.3. The van der Waals surface area contributed by atoms with Crippen LogP contribution < -0.4 is 0 Å². The van der Waals surface area contributed by atoms with Gasteiger partial charge in [-0.25, -0.2) is 0 Å². The molecule has 80 valence electrons. The predicted octanol–water partition coefficient (Wildman–Crippen LogP) is 1.81. The minimum Gasteiger partial charge on any atom is -0.481 e. The Balaban J connectivity index is 2.96. The van der Waals surface area contributed by atoms with Crippen LogP contribution in [0.1, 0.15) is 33.6 Å². The molecular formula is C11H18O3. The first-order valence-corrected chi connectivity index (χ1v) is 4.95. The summed E-state index contributed by atoms with van der Waals surface area (Å²) in [4.78, 5) is 11.0. The van der Waals surface area contributed by atoms with Gasteiger partial charge in [0.25, 0.3) is 0 Å². The molecule has 1 aliphatic carbocycles. The maximum Gasteiger partial charge on any atom is 0.312 e. The van der Waals surface area contributed by atoms with Crippen molar-refractivity contribution in [3.63, 3.8) is 0 Å². The van der Waals surface area contributed by atoms with Crippen LogP contribution in [-0.2, 0) is 4.79 Å². The van der Waals surface area contributed by atoms with Crippen molar-refractivity contribution < 1.29 is 15.0 Å². The molecule has 0 bridgehead atoms. The van der Waals surface area contributed by atoms with E-state index in [1.54, 1.807) is 19.9 Å². The molecule has 0 aromatic carbocycles. The Bertz CT molecular complexity index is 268. The summed E-state index contributed by atoms with van der Waals surface area (Å²) in [6, 6.07) is 0. The van der Waals surface area contributed by atoms with Crippen LogP contribution in [0.2, 0.25) is 0 Å². The second-order valence-electron chi connectivity index (χ2n) is 4.73. The fourth-order valence-corrected chi connectivity index (χ4v) is 1.66. The molecule has 0 amide bonds. The monoisotopic (exact) mass is 198 g/mol. The first-order chi connectivity index (χ1) is 6.29. The van der Waals surface area contributed by atoms with Gasteiger partial charge in [-0.3, -0.25) is 4.79 Å². The van der Waals surface area contributed by atoms with Gasteiger partial charge in [-0.15, -0.1) is 0 Å². The molecule has 0 radical (unpaired) electrons. The van der Waals surface area contributed by atoms with Crippen molar-refractivity contribution in [2.24, 2.45) is 11.3 Å². The first kappa shape index (κ1) is 11.2. The predicted molar refractivity (Wildman–Crippen MR) is 53.9 cm³/mol. The number of carbonyl (C=O) groups is 1. The fourth-order valence-electron chi connectivity index (χ4n) is 1.66. The molecule has 2 atom stereocenters. The molecular weight excluding hydrogens is 180 g/mol. The molecule has 2 N–H and O–H groups in total. The number of carboxylic acids is 1. The normalized spacial score (nSPS) is 33.0. The van der Waals surface area contributed by atoms with Gasteiger partial charge in [-0.1, -0.05) is 19.1 Å². The molecule has 0 saturated carbocycles. The third-order valence-corrected chi connectivity index (χ3v) is 3.30. The van der Waals surface area contributed by atoms with Gasteiger partial charge in [0.15, 0.2) is 0 Å². The highest BCUT2D eigenvalue weighted by atomic mass is 16.4. The quantitative estimate of drug-likeness (QED) is 0.665. The third kappa shape index (κ3) is 1.69. The van der Waals surface area contributed by atoms with Crippen molar-refractivity contribution in [3.05, 3.63) is 12.2 Å². The molecule has 1 aliphatic rings. The van der Waals surface area contributed by atoms with Crippen molar-refractivity contribution in [3.8, 4) is 0 Å². The van der Waals surface area contributed by atoms with Gasteiger partial charge in [-0.2, -0.15) is 0 Å². The number of aliphatic hydroxyl groups is 1. The highest BCUT2D eigenvalue weighted by Crippen LogP contribution is 2.40. The van der Waals surface area contributed by atoms with Gasteiger partial charge in [-0.05, 0) is 32.6 Å². The van der Waals surface area contributed by atoms with Crippen LogP contribution in [0.25, 0.3) is 0 Å². The standard InChI is InChI=1S/C11H18O3/c1-8-4-6-11(14,7-5-8)10(2,3)9(12)13/h4,6,8,14H,5,7H2,1-3H3,(H,12,13). The topological polar surface area (TPSA) is 57.5 Å². The van der Waals surface area contributed by atoms with Crippen LogP contribution in [-0.4, -0.2) is 21.8 Å². The van der Waals surface area contributed by atoms with Crippen LogP contribution in [0.15, 0.2) is 12.2 Å². The zero-order valence-electron chi connectivity index (χ0n) is 8.95. The molecule has 0 fully saturated rings. The number of allylic oxidation sites excluding steroid dienone is 1. The zero-order chi connectivity index (χ0) is 11.0. The van der Waals surface area contributed by atoms with Crippen molar-refractivity contribution in [1.29, 1.82) is 0 Å². The van der Waals surface area contributed by atoms with Gasteiger partial charge in [0.1, 0.15) is 0 Å². The Morgan fingerprint density at radius 3 is 2.50 bits per heavy atom. The summed E-state index contributed by atoms with van der Waals surface area (Å²) in [5.41, 5.74) is -2.32. The van der Waals surface area contributed by atoms with E-state index in [1.165, 1.54) is 0 Å². The summed E-state index contributed by atoms with van der Waals surface area (Å²) in [6.45, 7) is 5.19. The number of rotatable bonds is 2. The van der Waals surface area contributed by atoms with E-state index in [-0.39, 0.29) is 0 Å². The van der Waals surface area contributed by atoms with Gasteiger partial charge in [0, 0.05) is 0 Å². The maximum atomic E-state index is 11.0. The van der Waals surface area contributed by atoms with Crippen LogP contribution in [0.5, 0.6) is 0 Å². The molecule has 0 aliphatic heterocycles. The van der Waals surface area contributed by atoms with Gasteiger partial charge < -0.3 is 10.2 Å². The van der Waals surface area contributed by atoms with E-state index in [1.807, 2.05) is 6.08 Å². The van der Waals surface area contributed by atoms with Crippen molar-refractivity contribution in [2.75, 3.05) is 0 Å². The lowest BCUT2D eigenvalue weighted by molar-refractivity contribution is -0.160. The lowest BCUT2D eigenvalue weighted by Gasteiger charge is -2.40. The van der Waals surface area contributed by atoms with Crippen LogP contribution in [0.4, 0.5) is 0 Å². The first-order valence-electron chi connectivity index (χ1n) is 4.95. The van der Waals surface area contributed by atoms with E-state index in [4.69, 9.17) is 5.11 Å². The molecule has 0 aromatic rings. The minimum absolute atomic E-state index is 0.430. The van der Waals surface area contributed by atoms with Crippen molar-refractivity contribution in [2.45, 2.75) is 39.2 Å². The maximum absolute atomic E-state index is 11.0. The number of carboxylic acid groups (broad SMARTS) is 1. The third-order valence-electron chi connectivity index (χ3n) is 3.30. The van der Waals surface area contributed by atoms with Crippen molar-refractivity contribution in [1.82, 2.24) is 0 Å².